The Bertz CT molecular complexity index is 433. The van der Waals surface area contributed by atoms with E-state index in [0.717, 1.165) is 12.8 Å². The number of rotatable bonds is 3. The van der Waals surface area contributed by atoms with Gasteiger partial charge in [0, 0.05) is 6.07 Å². The molecule has 0 saturated heterocycles. The first-order chi connectivity index (χ1) is 8.35. The molecule has 18 heavy (non-hydrogen) atoms. The van der Waals surface area contributed by atoms with Crippen LogP contribution in [0.4, 0.5) is 0 Å². The minimum atomic E-state index is -1.07. The van der Waals surface area contributed by atoms with Crippen molar-refractivity contribution in [1.82, 2.24) is 0 Å². The average molecular weight is 252 g/mol. The Kier molecular flexibility index (Phi) is 3.37. The second kappa shape index (κ2) is 4.67. The standard InChI is InChI=1S/C14H20O4/c1-9-6-10(8-14(2,3)7-9)17-12-5-4-11(18-12)13(15)16/h4-5,9-10H,6-8H2,1-3H3,(H,15,16). The average Bonchev–Trinajstić information content (AvgIpc) is 2.62. The number of carboxylic acid groups (broad SMARTS) is 1. The number of furan rings is 1. The predicted molar refractivity (Wildman–Crippen MR) is 66.9 cm³/mol. The summed E-state index contributed by atoms with van der Waals surface area (Å²) in [6.45, 7) is 6.70. The Hall–Kier alpha value is -1.45. The molecule has 1 aliphatic carbocycles. The van der Waals surface area contributed by atoms with Gasteiger partial charge in [0.1, 0.15) is 6.10 Å². The normalized spacial score (nSPS) is 26.8. The highest BCUT2D eigenvalue weighted by atomic mass is 16.6. The van der Waals surface area contributed by atoms with E-state index in [1.54, 1.807) is 6.07 Å². The molecule has 1 saturated carbocycles. The van der Waals surface area contributed by atoms with Crippen LogP contribution < -0.4 is 4.74 Å². The van der Waals surface area contributed by atoms with Gasteiger partial charge < -0.3 is 14.3 Å². The third-order valence-electron chi connectivity index (χ3n) is 3.42. The summed E-state index contributed by atoms with van der Waals surface area (Å²) >= 11 is 0. The number of carbonyl (C=O) groups is 1. The van der Waals surface area contributed by atoms with Gasteiger partial charge in [-0.15, -0.1) is 0 Å². The lowest BCUT2D eigenvalue weighted by atomic mass is 9.71. The van der Waals surface area contributed by atoms with E-state index in [4.69, 9.17) is 14.3 Å². The summed E-state index contributed by atoms with van der Waals surface area (Å²) in [4.78, 5) is 10.7. The first-order valence-electron chi connectivity index (χ1n) is 6.35. The molecule has 0 bridgehead atoms. The van der Waals surface area contributed by atoms with E-state index in [9.17, 15) is 4.79 Å². The van der Waals surface area contributed by atoms with Crippen LogP contribution in [0.15, 0.2) is 16.5 Å². The lowest BCUT2D eigenvalue weighted by Crippen LogP contribution is -2.34. The van der Waals surface area contributed by atoms with E-state index in [0.29, 0.717) is 11.9 Å². The predicted octanol–water partition coefficient (Wildman–Crippen LogP) is 3.57. The van der Waals surface area contributed by atoms with Crippen LogP contribution in [0.1, 0.15) is 50.6 Å². The fraction of sp³-hybridized carbons (Fsp3) is 0.643. The van der Waals surface area contributed by atoms with E-state index in [-0.39, 0.29) is 17.3 Å². The molecule has 0 amide bonds. The van der Waals surface area contributed by atoms with Gasteiger partial charge in [0.2, 0.25) is 5.76 Å². The highest BCUT2D eigenvalue weighted by Crippen LogP contribution is 2.40. The van der Waals surface area contributed by atoms with Crippen LogP contribution >= 0.6 is 0 Å². The van der Waals surface area contributed by atoms with Crippen LogP contribution in [0.25, 0.3) is 0 Å². The molecule has 2 unspecified atom stereocenters. The van der Waals surface area contributed by atoms with Gasteiger partial charge in [-0.25, -0.2) is 4.79 Å². The Morgan fingerprint density at radius 1 is 1.44 bits per heavy atom. The minimum absolute atomic E-state index is 0.0758. The Morgan fingerprint density at radius 3 is 2.72 bits per heavy atom. The van der Waals surface area contributed by atoms with Crippen LogP contribution in [-0.2, 0) is 0 Å². The topological polar surface area (TPSA) is 59.7 Å². The molecular formula is C14H20O4. The molecule has 0 spiro atoms. The first kappa shape index (κ1) is 13.0. The summed E-state index contributed by atoms with van der Waals surface area (Å²) in [5, 5.41) is 8.78. The second-order valence-electron chi connectivity index (χ2n) is 6.08. The molecule has 2 rings (SSSR count). The van der Waals surface area contributed by atoms with Crippen LogP contribution in [0.3, 0.4) is 0 Å². The van der Waals surface area contributed by atoms with E-state index in [1.165, 1.54) is 12.5 Å². The number of ether oxygens (including phenoxy) is 1. The summed E-state index contributed by atoms with van der Waals surface area (Å²) in [5.74, 6) is -0.217. The zero-order chi connectivity index (χ0) is 13.3. The first-order valence-corrected chi connectivity index (χ1v) is 6.35. The second-order valence-corrected chi connectivity index (χ2v) is 6.08. The van der Waals surface area contributed by atoms with Crippen molar-refractivity contribution in [1.29, 1.82) is 0 Å². The van der Waals surface area contributed by atoms with Gasteiger partial charge in [-0.05, 0) is 36.7 Å². The summed E-state index contributed by atoms with van der Waals surface area (Å²) in [7, 11) is 0. The summed E-state index contributed by atoms with van der Waals surface area (Å²) in [6.07, 6.45) is 3.27. The van der Waals surface area contributed by atoms with E-state index in [2.05, 4.69) is 20.8 Å². The van der Waals surface area contributed by atoms with Gasteiger partial charge in [0.15, 0.2) is 0 Å². The lowest BCUT2D eigenvalue weighted by Gasteiger charge is -2.38. The Morgan fingerprint density at radius 2 is 2.17 bits per heavy atom. The zero-order valence-electron chi connectivity index (χ0n) is 11.1. The van der Waals surface area contributed by atoms with Crippen molar-refractivity contribution >= 4 is 5.97 Å². The number of hydrogen-bond acceptors (Lipinski definition) is 3. The largest absolute Gasteiger partial charge is 0.475 e. The third-order valence-corrected chi connectivity index (χ3v) is 3.42. The molecule has 2 atom stereocenters. The van der Waals surface area contributed by atoms with Crippen molar-refractivity contribution in [2.75, 3.05) is 0 Å². The molecule has 4 nitrogen and oxygen atoms in total. The maximum atomic E-state index is 10.7. The molecule has 1 aromatic heterocycles. The minimum Gasteiger partial charge on any atom is -0.475 e. The Labute approximate surface area is 107 Å². The van der Waals surface area contributed by atoms with Gasteiger partial charge in [-0.3, -0.25) is 0 Å². The highest BCUT2D eigenvalue weighted by Gasteiger charge is 2.33. The quantitative estimate of drug-likeness (QED) is 0.893. The molecule has 0 aromatic carbocycles. The van der Waals surface area contributed by atoms with E-state index in [1.807, 2.05) is 0 Å². The fourth-order valence-electron chi connectivity index (χ4n) is 3.01. The Balaban J connectivity index is 2.02. The summed E-state index contributed by atoms with van der Waals surface area (Å²) < 4.78 is 10.9. The van der Waals surface area contributed by atoms with Crippen LogP contribution in [0.2, 0.25) is 0 Å². The van der Waals surface area contributed by atoms with Gasteiger partial charge in [0.25, 0.3) is 5.95 Å². The molecule has 0 radical (unpaired) electrons. The third kappa shape index (κ3) is 3.06. The van der Waals surface area contributed by atoms with Crippen molar-refractivity contribution in [3.63, 3.8) is 0 Å². The molecule has 4 heteroatoms. The summed E-state index contributed by atoms with van der Waals surface area (Å²) in [6, 6.07) is 3.00. The van der Waals surface area contributed by atoms with Crippen LogP contribution in [0, 0.1) is 11.3 Å². The molecule has 1 N–H and O–H groups in total. The number of aromatic carboxylic acids is 1. The van der Waals surface area contributed by atoms with E-state index >= 15 is 0 Å². The number of carboxylic acids is 1. The maximum Gasteiger partial charge on any atom is 0.371 e. The van der Waals surface area contributed by atoms with Gasteiger partial charge in [-0.2, -0.15) is 0 Å². The van der Waals surface area contributed by atoms with Crippen molar-refractivity contribution in [3.8, 4) is 5.95 Å². The fourth-order valence-corrected chi connectivity index (χ4v) is 3.01. The highest BCUT2D eigenvalue weighted by molar-refractivity contribution is 5.84. The van der Waals surface area contributed by atoms with Gasteiger partial charge in [0.05, 0.1) is 0 Å². The molecular weight excluding hydrogens is 232 g/mol. The van der Waals surface area contributed by atoms with Crippen LogP contribution in [0.5, 0.6) is 5.95 Å². The van der Waals surface area contributed by atoms with Crippen molar-refractivity contribution in [2.24, 2.45) is 11.3 Å². The SMILES string of the molecule is CC1CC(Oc2ccc(C(=O)O)o2)CC(C)(C)C1. The molecule has 1 aromatic rings. The van der Waals surface area contributed by atoms with Crippen LogP contribution in [-0.4, -0.2) is 17.2 Å². The maximum absolute atomic E-state index is 10.7. The van der Waals surface area contributed by atoms with Crippen molar-refractivity contribution < 1.29 is 19.1 Å². The van der Waals surface area contributed by atoms with Gasteiger partial charge in [-0.1, -0.05) is 20.8 Å². The molecule has 100 valence electrons. The summed E-state index contributed by atoms with van der Waals surface area (Å²) in [5.41, 5.74) is 0.268. The molecule has 0 aliphatic heterocycles. The smallest absolute Gasteiger partial charge is 0.371 e. The van der Waals surface area contributed by atoms with Gasteiger partial charge >= 0.3 is 5.97 Å². The molecule has 1 aliphatic rings. The lowest BCUT2D eigenvalue weighted by molar-refractivity contribution is 0.0375. The van der Waals surface area contributed by atoms with E-state index < -0.39 is 5.97 Å². The van der Waals surface area contributed by atoms with Crippen molar-refractivity contribution in [3.05, 3.63) is 17.9 Å². The monoisotopic (exact) mass is 252 g/mol. The molecule has 1 heterocycles. The van der Waals surface area contributed by atoms with Crippen molar-refractivity contribution in [2.45, 2.75) is 46.1 Å². The number of hydrogen-bond donors (Lipinski definition) is 1. The molecule has 1 fully saturated rings. The zero-order valence-corrected chi connectivity index (χ0v) is 11.1.